The van der Waals surface area contributed by atoms with Crippen LogP contribution in [0.1, 0.15) is 12.0 Å². The first kappa shape index (κ1) is 11.2. The van der Waals surface area contributed by atoms with Crippen LogP contribution in [0.2, 0.25) is 0 Å². The molecule has 0 bridgehead atoms. The fourth-order valence-corrected chi connectivity index (χ4v) is 2.21. The smallest absolute Gasteiger partial charge is 0.246 e. The number of hydrogen-bond acceptors (Lipinski definition) is 4. The Morgan fingerprint density at radius 3 is 2.50 bits per heavy atom. The fourth-order valence-electron chi connectivity index (χ4n) is 2.21. The molecular weight excluding hydrogens is 230 g/mol. The second kappa shape index (κ2) is 4.78. The zero-order chi connectivity index (χ0) is 12.4. The molecule has 1 aromatic carbocycles. The Morgan fingerprint density at radius 2 is 1.89 bits per heavy atom. The maximum Gasteiger partial charge on any atom is 0.246 e. The number of anilines is 1. The predicted molar refractivity (Wildman–Crippen MR) is 68.8 cm³/mol. The summed E-state index contributed by atoms with van der Waals surface area (Å²) in [6.45, 7) is 3.43. The number of nitrogens with one attached hydrogen (secondary N) is 1. The Hall–Kier alpha value is -1.88. The molecule has 18 heavy (non-hydrogen) atoms. The predicted octanol–water partition coefficient (Wildman–Crippen LogP) is 0.747. The molecule has 5 heteroatoms. The Labute approximate surface area is 105 Å². The van der Waals surface area contributed by atoms with E-state index in [0.29, 0.717) is 6.42 Å². The van der Waals surface area contributed by atoms with E-state index in [1.165, 1.54) is 5.69 Å². The van der Waals surface area contributed by atoms with Crippen LogP contribution in [0.25, 0.3) is 0 Å². The summed E-state index contributed by atoms with van der Waals surface area (Å²) >= 11 is 0. The van der Waals surface area contributed by atoms with Crippen molar-refractivity contribution in [1.29, 1.82) is 0 Å². The summed E-state index contributed by atoms with van der Waals surface area (Å²) < 4.78 is 5.33. The molecule has 0 spiro atoms. The van der Waals surface area contributed by atoms with Gasteiger partial charge in [0.15, 0.2) is 0 Å². The largest absolute Gasteiger partial charge is 0.378 e. The average Bonchev–Trinajstić information content (AvgIpc) is 2.87. The van der Waals surface area contributed by atoms with Crippen molar-refractivity contribution in [3.05, 3.63) is 29.8 Å². The Kier molecular flexibility index (Phi) is 2.98. The minimum absolute atomic E-state index is 0.0396. The number of rotatable bonds is 2. The summed E-state index contributed by atoms with van der Waals surface area (Å²) in [6.07, 6.45) is 0.372. The van der Waals surface area contributed by atoms with E-state index in [1.807, 2.05) is 12.1 Å². The summed E-state index contributed by atoms with van der Waals surface area (Å²) in [5.41, 5.74) is 5.48. The van der Waals surface area contributed by atoms with Gasteiger partial charge >= 0.3 is 0 Å². The van der Waals surface area contributed by atoms with Crippen LogP contribution in [-0.4, -0.2) is 37.9 Å². The molecule has 0 radical (unpaired) electrons. The van der Waals surface area contributed by atoms with Crippen LogP contribution in [0.15, 0.2) is 29.4 Å². The van der Waals surface area contributed by atoms with Crippen LogP contribution in [0.4, 0.5) is 5.69 Å². The second-order valence-electron chi connectivity index (χ2n) is 4.42. The van der Waals surface area contributed by atoms with Crippen molar-refractivity contribution in [2.24, 2.45) is 5.10 Å². The number of carbonyl (C=O) groups is 1. The van der Waals surface area contributed by atoms with Gasteiger partial charge in [-0.05, 0) is 17.7 Å². The van der Waals surface area contributed by atoms with E-state index in [1.54, 1.807) is 0 Å². The first-order valence-corrected chi connectivity index (χ1v) is 6.11. The molecule has 0 saturated carbocycles. The normalized spacial score (nSPS) is 19.7. The van der Waals surface area contributed by atoms with E-state index in [2.05, 4.69) is 27.6 Å². The zero-order valence-electron chi connectivity index (χ0n) is 10.1. The van der Waals surface area contributed by atoms with Gasteiger partial charge in [0.05, 0.1) is 25.3 Å². The molecule has 2 aliphatic rings. The summed E-state index contributed by atoms with van der Waals surface area (Å²) in [6, 6.07) is 8.19. The molecule has 1 aromatic rings. The van der Waals surface area contributed by atoms with Crippen LogP contribution in [0.5, 0.6) is 0 Å². The van der Waals surface area contributed by atoms with Crippen molar-refractivity contribution in [2.75, 3.05) is 31.2 Å². The van der Waals surface area contributed by atoms with Crippen LogP contribution in [-0.2, 0) is 9.53 Å². The monoisotopic (exact) mass is 245 g/mol. The number of nitrogens with zero attached hydrogens (tertiary/aromatic N) is 2. The van der Waals surface area contributed by atoms with Crippen LogP contribution < -0.4 is 10.3 Å². The Bertz CT molecular complexity index is 476. The average molecular weight is 245 g/mol. The number of benzene rings is 1. The van der Waals surface area contributed by atoms with Crippen LogP contribution in [0, 0.1) is 0 Å². The summed E-state index contributed by atoms with van der Waals surface area (Å²) in [7, 11) is 0. The number of amides is 1. The lowest BCUT2D eigenvalue weighted by molar-refractivity contribution is -0.119. The molecule has 2 aliphatic heterocycles. The summed E-state index contributed by atoms with van der Waals surface area (Å²) in [4.78, 5) is 13.4. The van der Waals surface area contributed by atoms with Gasteiger partial charge in [-0.25, -0.2) is 5.43 Å². The number of ether oxygens (including phenoxy) is 1. The molecule has 5 nitrogen and oxygen atoms in total. The zero-order valence-corrected chi connectivity index (χ0v) is 10.1. The van der Waals surface area contributed by atoms with Gasteiger partial charge in [-0.3, -0.25) is 4.79 Å². The molecule has 0 unspecified atom stereocenters. The molecule has 94 valence electrons. The molecule has 0 atom stereocenters. The fraction of sp³-hybridized carbons (Fsp3) is 0.385. The topological polar surface area (TPSA) is 53.9 Å². The van der Waals surface area contributed by atoms with Gasteiger partial charge in [0, 0.05) is 18.8 Å². The molecule has 1 amide bonds. The maximum atomic E-state index is 11.1. The standard InChI is InChI=1S/C13H15N3O2/c17-13-9-12(14-15-13)10-1-3-11(4-2-10)16-5-7-18-8-6-16/h1-4H,5-9H2,(H,15,17). The van der Waals surface area contributed by atoms with Gasteiger partial charge in [0.1, 0.15) is 0 Å². The highest BCUT2D eigenvalue weighted by Gasteiger charge is 2.16. The molecule has 1 N–H and O–H groups in total. The highest BCUT2D eigenvalue weighted by Crippen LogP contribution is 2.18. The van der Waals surface area contributed by atoms with E-state index < -0.39 is 0 Å². The highest BCUT2D eigenvalue weighted by molar-refractivity contribution is 6.13. The molecule has 2 heterocycles. The Balaban J connectivity index is 1.74. The lowest BCUT2D eigenvalue weighted by Crippen LogP contribution is -2.36. The maximum absolute atomic E-state index is 11.1. The second-order valence-corrected chi connectivity index (χ2v) is 4.42. The molecular formula is C13H15N3O2. The SMILES string of the molecule is O=C1CC(c2ccc(N3CCOCC3)cc2)=NN1. The van der Waals surface area contributed by atoms with Crippen molar-refractivity contribution >= 4 is 17.3 Å². The molecule has 1 saturated heterocycles. The lowest BCUT2D eigenvalue weighted by Gasteiger charge is -2.28. The lowest BCUT2D eigenvalue weighted by atomic mass is 10.1. The third kappa shape index (κ3) is 2.22. The van der Waals surface area contributed by atoms with Crippen LogP contribution >= 0.6 is 0 Å². The van der Waals surface area contributed by atoms with Crippen molar-refractivity contribution in [2.45, 2.75) is 6.42 Å². The number of carbonyl (C=O) groups excluding carboxylic acids is 1. The number of hydrogen-bond donors (Lipinski definition) is 1. The summed E-state index contributed by atoms with van der Waals surface area (Å²) in [5, 5.41) is 4.01. The van der Waals surface area contributed by atoms with Gasteiger partial charge < -0.3 is 9.64 Å². The third-order valence-corrected chi connectivity index (χ3v) is 3.22. The van der Waals surface area contributed by atoms with Gasteiger partial charge in [-0.1, -0.05) is 12.1 Å². The van der Waals surface area contributed by atoms with E-state index >= 15 is 0 Å². The Morgan fingerprint density at radius 1 is 1.17 bits per heavy atom. The van der Waals surface area contributed by atoms with Gasteiger partial charge in [-0.15, -0.1) is 0 Å². The number of hydrazone groups is 1. The van der Waals surface area contributed by atoms with Gasteiger partial charge in [0.25, 0.3) is 0 Å². The van der Waals surface area contributed by atoms with Crippen molar-refractivity contribution in [3.63, 3.8) is 0 Å². The quantitative estimate of drug-likeness (QED) is 0.836. The van der Waals surface area contributed by atoms with Crippen molar-refractivity contribution < 1.29 is 9.53 Å². The first-order chi connectivity index (χ1) is 8.83. The van der Waals surface area contributed by atoms with E-state index in [-0.39, 0.29) is 5.91 Å². The highest BCUT2D eigenvalue weighted by atomic mass is 16.5. The van der Waals surface area contributed by atoms with Gasteiger partial charge in [0.2, 0.25) is 5.91 Å². The minimum Gasteiger partial charge on any atom is -0.378 e. The van der Waals surface area contributed by atoms with Crippen LogP contribution in [0.3, 0.4) is 0 Å². The number of morpholine rings is 1. The van der Waals surface area contributed by atoms with E-state index in [4.69, 9.17) is 4.74 Å². The van der Waals surface area contributed by atoms with E-state index in [0.717, 1.165) is 37.6 Å². The third-order valence-electron chi connectivity index (χ3n) is 3.22. The van der Waals surface area contributed by atoms with Crippen molar-refractivity contribution in [3.8, 4) is 0 Å². The molecule has 3 rings (SSSR count). The van der Waals surface area contributed by atoms with Crippen molar-refractivity contribution in [1.82, 2.24) is 5.43 Å². The summed E-state index contributed by atoms with van der Waals surface area (Å²) in [5.74, 6) is -0.0396. The van der Waals surface area contributed by atoms with E-state index in [9.17, 15) is 4.79 Å². The molecule has 1 fully saturated rings. The molecule has 0 aromatic heterocycles. The minimum atomic E-state index is -0.0396. The molecule has 0 aliphatic carbocycles. The first-order valence-electron chi connectivity index (χ1n) is 6.11. The van der Waals surface area contributed by atoms with Gasteiger partial charge in [-0.2, -0.15) is 5.10 Å².